The van der Waals surface area contributed by atoms with E-state index in [1.807, 2.05) is 0 Å². The molecule has 0 aromatic heterocycles. The Balaban J connectivity index is 2.16. The Morgan fingerprint density at radius 1 is 1.36 bits per heavy atom. The van der Waals surface area contributed by atoms with Crippen LogP contribution in [0.4, 0.5) is 0 Å². The summed E-state index contributed by atoms with van der Waals surface area (Å²) < 4.78 is 4.57. The zero-order chi connectivity index (χ0) is 10.4. The highest BCUT2D eigenvalue weighted by molar-refractivity contribution is 6.32. The van der Waals surface area contributed by atoms with Crippen molar-refractivity contribution in [2.75, 3.05) is 13.2 Å². The van der Waals surface area contributed by atoms with Gasteiger partial charge in [0.05, 0.1) is 6.61 Å². The lowest BCUT2D eigenvalue weighted by Gasteiger charge is -2.09. The van der Waals surface area contributed by atoms with Crippen LogP contribution >= 0.6 is 0 Å². The topological polar surface area (TPSA) is 55.4 Å². The van der Waals surface area contributed by atoms with Gasteiger partial charge in [-0.3, -0.25) is 4.79 Å². The zero-order valence-corrected chi connectivity index (χ0v) is 8.54. The fraction of sp³-hybridized carbons (Fsp3) is 0.800. The molecule has 0 radical (unpaired) electrons. The minimum Gasteiger partial charge on any atom is -0.459 e. The van der Waals surface area contributed by atoms with Crippen LogP contribution in [0.25, 0.3) is 0 Å². The number of esters is 1. The van der Waals surface area contributed by atoms with Crippen LogP contribution in [0.5, 0.6) is 0 Å². The largest absolute Gasteiger partial charge is 0.459 e. The third-order valence-electron chi connectivity index (χ3n) is 2.49. The van der Waals surface area contributed by atoms with Crippen LogP contribution in [0.2, 0.25) is 0 Å². The number of ether oxygens (including phenoxy) is 1. The molecule has 1 aliphatic rings. The Bertz CT molecular complexity index is 209. The number of carbonyl (C=O) groups excluding carboxylic acids is 2. The first-order valence-electron chi connectivity index (χ1n) is 5.19. The SMILES string of the molecule is CCOC(=O)C(=O)NCC1CCCC1. The molecule has 1 rings (SSSR count). The number of hydrogen-bond acceptors (Lipinski definition) is 3. The summed E-state index contributed by atoms with van der Waals surface area (Å²) in [6, 6.07) is 0. The first-order chi connectivity index (χ1) is 6.74. The van der Waals surface area contributed by atoms with Crippen LogP contribution < -0.4 is 5.32 Å². The molecule has 1 saturated carbocycles. The molecule has 14 heavy (non-hydrogen) atoms. The second-order valence-corrected chi connectivity index (χ2v) is 3.58. The van der Waals surface area contributed by atoms with Crippen molar-refractivity contribution in [3.8, 4) is 0 Å². The third kappa shape index (κ3) is 3.36. The summed E-state index contributed by atoms with van der Waals surface area (Å²) in [4.78, 5) is 22.0. The molecule has 1 aliphatic carbocycles. The third-order valence-corrected chi connectivity index (χ3v) is 2.49. The van der Waals surface area contributed by atoms with Crippen LogP contribution in [0.1, 0.15) is 32.6 Å². The van der Waals surface area contributed by atoms with Gasteiger partial charge >= 0.3 is 11.9 Å². The smallest absolute Gasteiger partial charge is 0.396 e. The average molecular weight is 199 g/mol. The van der Waals surface area contributed by atoms with E-state index >= 15 is 0 Å². The monoisotopic (exact) mass is 199 g/mol. The van der Waals surface area contributed by atoms with E-state index < -0.39 is 11.9 Å². The Kier molecular flexibility index (Phi) is 4.43. The highest BCUT2D eigenvalue weighted by Crippen LogP contribution is 2.23. The van der Waals surface area contributed by atoms with E-state index in [9.17, 15) is 9.59 Å². The fourth-order valence-electron chi connectivity index (χ4n) is 1.72. The number of hydrogen-bond donors (Lipinski definition) is 1. The maximum Gasteiger partial charge on any atom is 0.396 e. The summed E-state index contributed by atoms with van der Waals surface area (Å²) in [5.41, 5.74) is 0. The van der Waals surface area contributed by atoms with Crippen molar-refractivity contribution >= 4 is 11.9 Å². The van der Waals surface area contributed by atoms with Gasteiger partial charge in [0.15, 0.2) is 0 Å². The van der Waals surface area contributed by atoms with E-state index in [0.29, 0.717) is 12.5 Å². The van der Waals surface area contributed by atoms with Crippen molar-refractivity contribution < 1.29 is 14.3 Å². The Labute approximate surface area is 84.0 Å². The molecule has 0 spiro atoms. The van der Waals surface area contributed by atoms with Crippen molar-refractivity contribution in [2.24, 2.45) is 5.92 Å². The molecule has 0 unspecified atom stereocenters. The first-order valence-corrected chi connectivity index (χ1v) is 5.19. The molecule has 80 valence electrons. The summed E-state index contributed by atoms with van der Waals surface area (Å²) in [5, 5.41) is 2.60. The van der Waals surface area contributed by atoms with Crippen LogP contribution in [0, 0.1) is 5.92 Å². The van der Waals surface area contributed by atoms with E-state index in [4.69, 9.17) is 0 Å². The number of rotatable bonds is 3. The van der Waals surface area contributed by atoms with Gasteiger partial charge in [-0.1, -0.05) is 12.8 Å². The molecular weight excluding hydrogens is 182 g/mol. The zero-order valence-electron chi connectivity index (χ0n) is 8.54. The maximum absolute atomic E-state index is 11.1. The second kappa shape index (κ2) is 5.62. The van der Waals surface area contributed by atoms with Gasteiger partial charge in [-0.15, -0.1) is 0 Å². The minimum absolute atomic E-state index is 0.246. The normalized spacial score (nSPS) is 16.6. The molecule has 0 aromatic rings. The van der Waals surface area contributed by atoms with Gasteiger partial charge in [-0.05, 0) is 25.7 Å². The van der Waals surface area contributed by atoms with Crippen LogP contribution in [-0.2, 0) is 14.3 Å². The molecule has 1 amide bonds. The summed E-state index contributed by atoms with van der Waals surface area (Å²) in [5.74, 6) is -0.836. The number of nitrogens with one attached hydrogen (secondary N) is 1. The molecule has 0 bridgehead atoms. The fourth-order valence-corrected chi connectivity index (χ4v) is 1.72. The predicted octanol–water partition coefficient (Wildman–Crippen LogP) is 0.856. The van der Waals surface area contributed by atoms with Crippen molar-refractivity contribution in [3.05, 3.63) is 0 Å². The van der Waals surface area contributed by atoms with E-state index in [-0.39, 0.29) is 6.61 Å². The van der Waals surface area contributed by atoms with Gasteiger partial charge < -0.3 is 10.1 Å². The molecule has 0 atom stereocenters. The quantitative estimate of drug-likeness (QED) is 0.541. The molecule has 0 aromatic carbocycles. The summed E-state index contributed by atoms with van der Waals surface area (Å²) in [7, 11) is 0. The molecule has 4 nitrogen and oxygen atoms in total. The molecule has 1 fully saturated rings. The van der Waals surface area contributed by atoms with Crippen molar-refractivity contribution in [3.63, 3.8) is 0 Å². The van der Waals surface area contributed by atoms with Gasteiger partial charge in [0.2, 0.25) is 0 Å². The predicted molar refractivity (Wildman–Crippen MR) is 51.6 cm³/mol. The van der Waals surface area contributed by atoms with E-state index in [0.717, 1.165) is 12.8 Å². The molecule has 0 aliphatic heterocycles. The van der Waals surface area contributed by atoms with Crippen LogP contribution in [0.15, 0.2) is 0 Å². The standard InChI is InChI=1S/C10H17NO3/c1-2-14-10(13)9(12)11-7-8-5-3-4-6-8/h8H,2-7H2,1H3,(H,11,12). The lowest BCUT2D eigenvalue weighted by Crippen LogP contribution is -2.35. The molecule has 4 heteroatoms. The first kappa shape index (κ1) is 11.0. The van der Waals surface area contributed by atoms with Crippen LogP contribution in [-0.4, -0.2) is 25.0 Å². The van der Waals surface area contributed by atoms with E-state index in [1.165, 1.54) is 12.8 Å². The molecule has 1 N–H and O–H groups in total. The van der Waals surface area contributed by atoms with Gasteiger partial charge in [-0.25, -0.2) is 4.79 Å². The molecule has 0 heterocycles. The Hall–Kier alpha value is -1.06. The van der Waals surface area contributed by atoms with Crippen molar-refractivity contribution in [1.82, 2.24) is 5.32 Å². The lowest BCUT2D eigenvalue weighted by atomic mass is 10.1. The average Bonchev–Trinajstić information content (AvgIpc) is 2.67. The molecule has 0 saturated heterocycles. The Morgan fingerprint density at radius 3 is 2.57 bits per heavy atom. The maximum atomic E-state index is 11.1. The molecular formula is C10H17NO3. The lowest BCUT2D eigenvalue weighted by molar-refractivity contribution is -0.154. The number of carbonyl (C=O) groups is 2. The van der Waals surface area contributed by atoms with E-state index in [2.05, 4.69) is 10.1 Å². The number of amides is 1. The van der Waals surface area contributed by atoms with Gasteiger partial charge in [0.25, 0.3) is 0 Å². The van der Waals surface area contributed by atoms with Gasteiger partial charge in [-0.2, -0.15) is 0 Å². The Morgan fingerprint density at radius 2 is 2.00 bits per heavy atom. The van der Waals surface area contributed by atoms with Gasteiger partial charge in [0.1, 0.15) is 0 Å². The van der Waals surface area contributed by atoms with Crippen molar-refractivity contribution in [2.45, 2.75) is 32.6 Å². The van der Waals surface area contributed by atoms with E-state index in [1.54, 1.807) is 6.92 Å². The highest BCUT2D eigenvalue weighted by atomic mass is 16.5. The van der Waals surface area contributed by atoms with Crippen LogP contribution in [0.3, 0.4) is 0 Å². The second-order valence-electron chi connectivity index (χ2n) is 3.58. The summed E-state index contributed by atoms with van der Waals surface area (Å²) >= 11 is 0. The highest BCUT2D eigenvalue weighted by Gasteiger charge is 2.19. The van der Waals surface area contributed by atoms with Crippen molar-refractivity contribution in [1.29, 1.82) is 0 Å². The minimum atomic E-state index is -0.773. The summed E-state index contributed by atoms with van der Waals surface area (Å²) in [6.45, 7) is 2.54. The van der Waals surface area contributed by atoms with Gasteiger partial charge in [0, 0.05) is 6.54 Å². The summed E-state index contributed by atoms with van der Waals surface area (Å²) in [6.07, 6.45) is 4.78.